The Bertz CT molecular complexity index is 385. The lowest BCUT2D eigenvalue weighted by atomic mass is 10.3. The number of carbonyl (C=O) groups is 1. The molecule has 0 saturated heterocycles. The standard InChI is InChI=1S/C14H20N2O2/c1-2-18-13-7-5-11(6-8-13)15-10-9-14(17)16-12-3-4-12/h5-8,12,15H,2-4,9-10H2,1H3,(H,16,17). The second-order valence-corrected chi connectivity index (χ2v) is 4.48. The fourth-order valence-corrected chi connectivity index (χ4v) is 1.68. The highest BCUT2D eigenvalue weighted by Crippen LogP contribution is 2.18. The number of hydrogen-bond donors (Lipinski definition) is 2. The Balaban J connectivity index is 1.67. The number of amides is 1. The van der Waals surface area contributed by atoms with Gasteiger partial charge in [-0.1, -0.05) is 0 Å². The van der Waals surface area contributed by atoms with Crippen LogP contribution in [0.2, 0.25) is 0 Å². The highest BCUT2D eigenvalue weighted by atomic mass is 16.5. The molecule has 2 rings (SSSR count). The summed E-state index contributed by atoms with van der Waals surface area (Å²) in [4.78, 5) is 11.5. The van der Waals surface area contributed by atoms with E-state index in [1.165, 1.54) is 0 Å². The molecule has 0 aromatic heterocycles. The van der Waals surface area contributed by atoms with E-state index in [0.717, 1.165) is 24.3 Å². The van der Waals surface area contributed by atoms with Gasteiger partial charge in [0.1, 0.15) is 5.75 Å². The van der Waals surface area contributed by atoms with Gasteiger partial charge in [0.2, 0.25) is 5.91 Å². The summed E-state index contributed by atoms with van der Waals surface area (Å²) in [6.45, 7) is 3.30. The van der Waals surface area contributed by atoms with Crippen molar-refractivity contribution in [1.82, 2.24) is 5.32 Å². The zero-order valence-corrected chi connectivity index (χ0v) is 10.7. The fourth-order valence-electron chi connectivity index (χ4n) is 1.68. The minimum atomic E-state index is 0.135. The molecule has 1 amide bonds. The summed E-state index contributed by atoms with van der Waals surface area (Å²) in [6, 6.07) is 8.22. The average Bonchev–Trinajstić information content (AvgIpc) is 3.16. The molecule has 2 N–H and O–H groups in total. The Labute approximate surface area is 108 Å². The first-order valence-corrected chi connectivity index (χ1v) is 6.54. The summed E-state index contributed by atoms with van der Waals surface area (Å²) in [6.07, 6.45) is 2.79. The first-order valence-electron chi connectivity index (χ1n) is 6.54. The molecule has 1 fully saturated rings. The Morgan fingerprint density at radius 1 is 1.33 bits per heavy atom. The monoisotopic (exact) mass is 248 g/mol. The second-order valence-electron chi connectivity index (χ2n) is 4.48. The highest BCUT2D eigenvalue weighted by molar-refractivity contribution is 5.77. The zero-order chi connectivity index (χ0) is 12.8. The van der Waals surface area contributed by atoms with Crippen LogP contribution in [0.5, 0.6) is 5.75 Å². The molecule has 0 spiro atoms. The SMILES string of the molecule is CCOc1ccc(NCCC(=O)NC2CC2)cc1. The normalized spacial score (nSPS) is 14.1. The number of rotatable bonds is 7. The summed E-state index contributed by atoms with van der Waals surface area (Å²) >= 11 is 0. The Morgan fingerprint density at radius 2 is 2.06 bits per heavy atom. The van der Waals surface area contributed by atoms with Crippen molar-refractivity contribution in [3.05, 3.63) is 24.3 Å². The minimum absolute atomic E-state index is 0.135. The van der Waals surface area contributed by atoms with E-state index in [2.05, 4.69) is 10.6 Å². The van der Waals surface area contributed by atoms with Gasteiger partial charge in [-0.2, -0.15) is 0 Å². The molecule has 1 aromatic carbocycles. The zero-order valence-electron chi connectivity index (χ0n) is 10.7. The smallest absolute Gasteiger partial charge is 0.221 e. The first-order chi connectivity index (χ1) is 8.78. The van der Waals surface area contributed by atoms with E-state index in [1.54, 1.807) is 0 Å². The number of ether oxygens (including phenoxy) is 1. The minimum Gasteiger partial charge on any atom is -0.494 e. The van der Waals surface area contributed by atoms with E-state index >= 15 is 0 Å². The maximum atomic E-state index is 11.5. The Hall–Kier alpha value is -1.71. The van der Waals surface area contributed by atoms with E-state index < -0.39 is 0 Å². The number of nitrogens with one attached hydrogen (secondary N) is 2. The predicted molar refractivity (Wildman–Crippen MR) is 71.9 cm³/mol. The van der Waals surface area contributed by atoms with Crippen LogP contribution in [0.3, 0.4) is 0 Å². The maximum absolute atomic E-state index is 11.5. The Morgan fingerprint density at radius 3 is 2.67 bits per heavy atom. The average molecular weight is 248 g/mol. The van der Waals surface area contributed by atoms with Crippen molar-refractivity contribution in [1.29, 1.82) is 0 Å². The summed E-state index contributed by atoms with van der Waals surface area (Å²) in [7, 11) is 0. The van der Waals surface area contributed by atoms with Gasteiger partial charge in [0, 0.05) is 24.7 Å². The lowest BCUT2D eigenvalue weighted by Crippen LogP contribution is -2.27. The Kier molecular flexibility index (Phi) is 4.45. The first kappa shape index (κ1) is 12.7. The van der Waals surface area contributed by atoms with Crippen LogP contribution in [0.1, 0.15) is 26.2 Å². The van der Waals surface area contributed by atoms with Crippen LogP contribution >= 0.6 is 0 Å². The topological polar surface area (TPSA) is 50.4 Å². The second kappa shape index (κ2) is 6.28. The molecule has 0 aliphatic heterocycles. The van der Waals surface area contributed by atoms with Crippen molar-refractivity contribution in [3.8, 4) is 5.75 Å². The van der Waals surface area contributed by atoms with Crippen LogP contribution < -0.4 is 15.4 Å². The lowest BCUT2D eigenvalue weighted by Gasteiger charge is -2.08. The number of hydrogen-bond acceptors (Lipinski definition) is 3. The molecule has 0 heterocycles. The third kappa shape index (κ3) is 4.28. The molecule has 1 aliphatic carbocycles. The number of benzene rings is 1. The summed E-state index contributed by atoms with van der Waals surface area (Å²) in [5.74, 6) is 1.01. The predicted octanol–water partition coefficient (Wildman–Crippen LogP) is 2.17. The van der Waals surface area contributed by atoms with Gasteiger partial charge >= 0.3 is 0 Å². The van der Waals surface area contributed by atoms with Crippen molar-refractivity contribution in [2.75, 3.05) is 18.5 Å². The molecular weight excluding hydrogens is 228 g/mol. The van der Waals surface area contributed by atoms with Crippen molar-refractivity contribution >= 4 is 11.6 Å². The van der Waals surface area contributed by atoms with Gasteiger partial charge in [-0.25, -0.2) is 0 Å². The third-order valence-corrected chi connectivity index (χ3v) is 2.79. The van der Waals surface area contributed by atoms with E-state index in [9.17, 15) is 4.79 Å². The quantitative estimate of drug-likeness (QED) is 0.777. The number of carbonyl (C=O) groups excluding carboxylic acids is 1. The van der Waals surface area contributed by atoms with E-state index in [4.69, 9.17) is 4.74 Å². The van der Waals surface area contributed by atoms with Gasteiger partial charge in [-0.3, -0.25) is 4.79 Å². The fraction of sp³-hybridized carbons (Fsp3) is 0.500. The van der Waals surface area contributed by atoms with Crippen LogP contribution in [0.4, 0.5) is 5.69 Å². The van der Waals surface area contributed by atoms with Crippen molar-refractivity contribution in [2.45, 2.75) is 32.2 Å². The van der Waals surface area contributed by atoms with E-state index in [0.29, 0.717) is 25.6 Å². The molecule has 4 nitrogen and oxygen atoms in total. The molecule has 0 atom stereocenters. The molecular formula is C14H20N2O2. The van der Waals surface area contributed by atoms with Crippen LogP contribution in [-0.2, 0) is 4.79 Å². The van der Waals surface area contributed by atoms with Crippen molar-refractivity contribution in [3.63, 3.8) is 0 Å². The molecule has 0 unspecified atom stereocenters. The highest BCUT2D eigenvalue weighted by Gasteiger charge is 2.22. The molecule has 1 saturated carbocycles. The van der Waals surface area contributed by atoms with Gasteiger partial charge in [-0.15, -0.1) is 0 Å². The van der Waals surface area contributed by atoms with Gasteiger partial charge < -0.3 is 15.4 Å². The van der Waals surface area contributed by atoms with E-state index in [1.807, 2.05) is 31.2 Å². The maximum Gasteiger partial charge on any atom is 0.221 e. The largest absolute Gasteiger partial charge is 0.494 e. The molecule has 98 valence electrons. The van der Waals surface area contributed by atoms with Crippen LogP contribution in [-0.4, -0.2) is 25.1 Å². The molecule has 1 aliphatic rings. The van der Waals surface area contributed by atoms with Crippen molar-refractivity contribution < 1.29 is 9.53 Å². The van der Waals surface area contributed by atoms with Gasteiger partial charge in [-0.05, 0) is 44.0 Å². The molecule has 1 aromatic rings. The lowest BCUT2D eigenvalue weighted by molar-refractivity contribution is -0.120. The van der Waals surface area contributed by atoms with Gasteiger partial charge in [0.15, 0.2) is 0 Å². The molecule has 0 radical (unpaired) electrons. The van der Waals surface area contributed by atoms with Crippen LogP contribution in [0, 0.1) is 0 Å². The summed E-state index contributed by atoms with van der Waals surface area (Å²) in [5, 5.41) is 6.19. The summed E-state index contributed by atoms with van der Waals surface area (Å²) < 4.78 is 5.36. The molecule has 0 bridgehead atoms. The van der Waals surface area contributed by atoms with Gasteiger partial charge in [0.25, 0.3) is 0 Å². The third-order valence-electron chi connectivity index (χ3n) is 2.79. The van der Waals surface area contributed by atoms with Crippen LogP contribution in [0.25, 0.3) is 0 Å². The molecule has 4 heteroatoms. The van der Waals surface area contributed by atoms with E-state index in [-0.39, 0.29) is 5.91 Å². The van der Waals surface area contributed by atoms with Crippen LogP contribution in [0.15, 0.2) is 24.3 Å². The summed E-state index contributed by atoms with van der Waals surface area (Å²) in [5.41, 5.74) is 1.01. The van der Waals surface area contributed by atoms with Crippen molar-refractivity contribution in [2.24, 2.45) is 0 Å². The van der Waals surface area contributed by atoms with Gasteiger partial charge in [0.05, 0.1) is 6.61 Å². The molecule has 18 heavy (non-hydrogen) atoms. The number of anilines is 1.